The van der Waals surface area contributed by atoms with Gasteiger partial charge in [-0.1, -0.05) is 41.4 Å². The number of amides is 1. The first-order valence-electron chi connectivity index (χ1n) is 9.23. The van der Waals surface area contributed by atoms with Gasteiger partial charge in [0, 0.05) is 29.9 Å². The zero-order valence-corrected chi connectivity index (χ0v) is 18.4. The molecule has 154 valence electrons. The van der Waals surface area contributed by atoms with Crippen LogP contribution in [0.4, 0.5) is 11.4 Å². The van der Waals surface area contributed by atoms with Crippen molar-refractivity contribution in [1.29, 1.82) is 0 Å². The van der Waals surface area contributed by atoms with E-state index in [0.29, 0.717) is 17.3 Å². The topological polar surface area (TPSA) is 57.7 Å². The monoisotopic (exact) mass is 460 g/mol. The molecule has 0 radical (unpaired) electrons. The third-order valence-electron chi connectivity index (χ3n) is 5.14. The van der Waals surface area contributed by atoms with Crippen LogP contribution in [-0.2, 0) is 16.4 Å². The Labute approximate surface area is 185 Å². The Bertz CT molecular complexity index is 1230. The van der Waals surface area contributed by atoms with Crippen LogP contribution in [0.2, 0.25) is 10.0 Å². The fourth-order valence-electron chi connectivity index (χ4n) is 3.48. The SMILES string of the molecule is CN(c1ccc(Cl)cc1)S(=O)(=O)c1cc(C(=O)N2CCc3ccccc32)ccc1Cl. The van der Waals surface area contributed by atoms with Crippen LogP contribution in [0, 0.1) is 0 Å². The molecule has 1 aliphatic rings. The summed E-state index contributed by atoms with van der Waals surface area (Å²) < 4.78 is 27.5. The standard InChI is InChI=1S/C22H18Cl2N2O3S/c1-25(18-9-7-17(23)8-10-18)30(28,29)21-14-16(6-11-19(21)24)22(27)26-13-12-15-4-2-3-5-20(15)26/h2-11,14H,12-13H2,1H3. The van der Waals surface area contributed by atoms with Crippen molar-refractivity contribution in [2.45, 2.75) is 11.3 Å². The van der Waals surface area contributed by atoms with Crippen LogP contribution < -0.4 is 9.21 Å². The number of sulfonamides is 1. The highest BCUT2D eigenvalue weighted by Gasteiger charge is 2.29. The van der Waals surface area contributed by atoms with E-state index < -0.39 is 10.0 Å². The van der Waals surface area contributed by atoms with E-state index in [1.165, 1.54) is 19.2 Å². The minimum atomic E-state index is -3.99. The maximum absolute atomic E-state index is 13.2. The summed E-state index contributed by atoms with van der Waals surface area (Å²) in [5.41, 5.74) is 2.63. The molecule has 0 bridgehead atoms. The minimum Gasteiger partial charge on any atom is -0.308 e. The second kappa shape index (κ2) is 7.95. The van der Waals surface area contributed by atoms with E-state index in [-0.39, 0.29) is 21.4 Å². The molecule has 0 atom stereocenters. The van der Waals surface area contributed by atoms with Gasteiger partial charge in [-0.15, -0.1) is 0 Å². The van der Waals surface area contributed by atoms with Crippen molar-refractivity contribution in [3.63, 3.8) is 0 Å². The molecule has 30 heavy (non-hydrogen) atoms. The third kappa shape index (κ3) is 3.67. The number of carbonyl (C=O) groups excluding carboxylic acids is 1. The predicted octanol–water partition coefficient (Wildman–Crippen LogP) is 5.02. The van der Waals surface area contributed by atoms with Crippen LogP contribution >= 0.6 is 23.2 Å². The van der Waals surface area contributed by atoms with Gasteiger partial charge in [-0.3, -0.25) is 9.10 Å². The lowest BCUT2D eigenvalue weighted by Crippen LogP contribution is -2.30. The number of halogens is 2. The zero-order valence-electron chi connectivity index (χ0n) is 16.0. The second-order valence-electron chi connectivity index (χ2n) is 6.93. The number of hydrogen-bond acceptors (Lipinski definition) is 3. The third-order valence-corrected chi connectivity index (χ3v) is 7.66. The average Bonchev–Trinajstić information content (AvgIpc) is 3.17. The summed E-state index contributed by atoms with van der Waals surface area (Å²) in [6, 6.07) is 18.4. The van der Waals surface area contributed by atoms with E-state index in [2.05, 4.69) is 0 Å². The molecule has 0 fully saturated rings. The first-order valence-corrected chi connectivity index (χ1v) is 11.4. The lowest BCUT2D eigenvalue weighted by atomic mass is 10.1. The van der Waals surface area contributed by atoms with Crippen LogP contribution in [0.15, 0.2) is 71.6 Å². The van der Waals surface area contributed by atoms with E-state index in [9.17, 15) is 13.2 Å². The molecule has 0 aliphatic carbocycles. The maximum atomic E-state index is 13.2. The highest BCUT2D eigenvalue weighted by molar-refractivity contribution is 7.93. The van der Waals surface area contributed by atoms with Gasteiger partial charge in [-0.05, 0) is 60.5 Å². The number of rotatable bonds is 4. The first-order chi connectivity index (χ1) is 14.3. The lowest BCUT2D eigenvalue weighted by Gasteiger charge is -2.22. The molecular weight excluding hydrogens is 443 g/mol. The van der Waals surface area contributed by atoms with Gasteiger partial charge in [0.1, 0.15) is 4.90 Å². The van der Waals surface area contributed by atoms with Crippen molar-refractivity contribution >= 4 is 50.5 Å². The van der Waals surface area contributed by atoms with Crippen molar-refractivity contribution in [1.82, 2.24) is 0 Å². The smallest absolute Gasteiger partial charge is 0.265 e. The minimum absolute atomic E-state index is 0.0502. The fraction of sp³-hybridized carbons (Fsp3) is 0.136. The Kier molecular flexibility index (Phi) is 5.49. The maximum Gasteiger partial charge on any atom is 0.265 e. The molecule has 0 saturated carbocycles. The van der Waals surface area contributed by atoms with Gasteiger partial charge in [0.25, 0.3) is 15.9 Å². The van der Waals surface area contributed by atoms with Crippen molar-refractivity contribution < 1.29 is 13.2 Å². The summed E-state index contributed by atoms with van der Waals surface area (Å²) in [7, 11) is -2.56. The molecule has 1 heterocycles. The summed E-state index contributed by atoms with van der Waals surface area (Å²) in [4.78, 5) is 14.7. The van der Waals surface area contributed by atoms with E-state index >= 15 is 0 Å². The van der Waals surface area contributed by atoms with Crippen molar-refractivity contribution in [2.24, 2.45) is 0 Å². The van der Waals surface area contributed by atoms with Crippen LogP contribution in [0.1, 0.15) is 15.9 Å². The van der Waals surface area contributed by atoms with E-state index in [0.717, 1.165) is 22.0 Å². The van der Waals surface area contributed by atoms with Gasteiger partial charge in [-0.2, -0.15) is 0 Å². The van der Waals surface area contributed by atoms with Crippen LogP contribution in [0.5, 0.6) is 0 Å². The molecule has 1 amide bonds. The largest absolute Gasteiger partial charge is 0.308 e. The zero-order chi connectivity index (χ0) is 21.5. The van der Waals surface area contributed by atoms with Crippen LogP contribution in [0.3, 0.4) is 0 Å². The van der Waals surface area contributed by atoms with E-state index in [1.54, 1.807) is 35.2 Å². The average molecular weight is 461 g/mol. The van der Waals surface area contributed by atoms with Gasteiger partial charge in [0.15, 0.2) is 0 Å². The Morgan fingerprint density at radius 2 is 1.70 bits per heavy atom. The molecular formula is C22H18Cl2N2O3S. The number of para-hydroxylation sites is 1. The van der Waals surface area contributed by atoms with Gasteiger partial charge in [-0.25, -0.2) is 8.42 Å². The molecule has 4 rings (SSSR count). The molecule has 0 N–H and O–H groups in total. The van der Waals surface area contributed by atoms with Crippen LogP contribution in [-0.4, -0.2) is 27.9 Å². The molecule has 8 heteroatoms. The number of hydrogen-bond donors (Lipinski definition) is 0. The molecule has 1 aliphatic heterocycles. The molecule has 0 spiro atoms. The number of nitrogens with zero attached hydrogens (tertiary/aromatic N) is 2. The Balaban J connectivity index is 1.70. The lowest BCUT2D eigenvalue weighted by molar-refractivity contribution is 0.0989. The normalized spacial score (nSPS) is 13.2. The molecule has 0 unspecified atom stereocenters. The predicted molar refractivity (Wildman–Crippen MR) is 120 cm³/mol. The van der Waals surface area contributed by atoms with E-state index in [1.807, 2.05) is 24.3 Å². The summed E-state index contributed by atoms with van der Waals surface area (Å²) in [6.45, 7) is 0.549. The number of carbonyl (C=O) groups is 1. The van der Waals surface area contributed by atoms with Crippen molar-refractivity contribution in [2.75, 3.05) is 22.8 Å². The van der Waals surface area contributed by atoms with Crippen molar-refractivity contribution in [3.8, 4) is 0 Å². The summed E-state index contributed by atoms with van der Waals surface area (Å²) in [5, 5.41) is 0.551. The van der Waals surface area contributed by atoms with Gasteiger partial charge in [0.05, 0.1) is 10.7 Å². The van der Waals surface area contributed by atoms with Gasteiger partial charge in [0.2, 0.25) is 0 Å². The number of benzene rings is 3. The van der Waals surface area contributed by atoms with Gasteiger partial charge < -0.3 is 4.90 Å². The second-order valence-corrected chi connectivity index (χ2v) is 9.71. The molecule has 0 saturated heterocycles. The molecule has 5 nitrogen and oxygen atoms in total. The summed E-state index contributed by atoms with van der Waals surface area (Å²) in [6.07, 6.45) is 0.764. The first kappa shape index (κ1) is 20.7. The molecule has 0 aromatic heterocycles. The molecule has 3 aromatic rings. The highest BCUT2D eigenvalue weighted by Crippen LogP contribution is 2.32. The summed E-state index contributed by atoms with van der Waals surface area (Å²) in [5.74, 6) is -0.262. The summed E-state index contributed by atoms with van der Waals surface area (Å²) >= 11 is 12.1. The van der Waals surface area contributed by atoms with Crippen molar-refractivity contribution in [3.05, 3.63) is 87.9 Å². The quantitative estimate of drug-likeness (QED) is 0.548. The van der Waals surface area contributed by atoms with Crippen LogP contribution in [0.25, 0.3) is 0 Å². The van der Waals surface area contributed by atoms with Gasteiger partial charge >= 0.3 is 0 Å². The fourth-order valence-corrected chi connectivity index (χ4v) is 5.30. The molecule has 3 aromatic carbocycles. The number of anilines is 2. The highest BCUT2D eigenvalue weighted by atomic mass is 35.5. The Hall–Kier alpha value is -2.54. The Morgan fingerprint density at radius 1 is 1.00 bits per heavy atom. The number of fused-ring (bicyclic) bond motifs is 1. The Morgan fingerprint density at radius 3 is 2.43 bits per heavy atom. The van der Waals surface area contributed by atoms with E-state index in [4.69, 9.17) is 23.2 Å².